The maximum Gasteiger partial charge on any atom is 0.345 e. The van der Waals surface area contributed by atoms with Gasteiger partial charge in [-0.1, -0.05) is 60.7 Å². The Morgan fingerprint density at radius 2 is 1.00 bits per heavy atom. The smallest absolute Gasteiger partial charge is 0.345 e. The molecule has 23 heavy (non-hydrogen) atoms. The van der Waals surface area contributed by atoms with E-state index in [4.69, 9.17) is 7.58 Å². The topological polar surface area (TPSA) is 18.5 Å². The second-order valence-electron chi connectivity index (χ2n) is 5.65. The summed E-state index contributed by atoms with van der Waals surface area (Å²) >= 11 is -0.553. The largest absolute Gasteiger partial charge is 0.806 e. The van der Waals surface area contributed by atoms with Gasteiger partial charge in [-0.25, -0.2) is 0 Å². The number of hydrogen-bond acceptors (Lipinski definition) is 2. The van der Waals surface area contributed by atoms with Crippen molar-refractivity contribution in [3.05, 3.63) is 72.8 Å². The van der Waals surface area contributed by atoms with Crippen LogP contribution in [0.3, 0.4) is 0 Å². The van der Waals surface area contributed by atoms with Crippen molar-refractivity contribution < 1.29 is 7.58 Å². The van der Waals surface area contributed by atoms with Crippen LogP contribution >= 0.6 is 0 Å². The second-order valence-corrected chi connectivity index (χ2v) is 6.32. The van der Waals surface area contributed by atoms with Gasteiger partial charge in [0.15, 0.2) is 0 Å². The Bertz CT molecular complexity index is 971. The molecule has 4 aromatic rings. The fourth-order valence-corrected chi connectivity index (χ4v) is 3.99. The van der Waals surface area contributed by atoms with Crippen LogP contribution in [0.4, 0.5) is 0 Å². The van der Waals surface area contributed by atoms with E-state index in [0.717, 1.165) is 22.6 Å². The molecule has 0 aliphatic carbocycles. The monoisotopic (exact) mass is 311 g/mol. The first-order valence-electron chi connectivity index (χ1n) is 7.61. The number of hydrogen-bond donors (Lipinski definition) is 0. The molecule has 0 amide bonds. The summed E-state index contributed by atoms with van der Waals surface area (Å²) in [7, 11) is 0. The molecule has 0 atom stereocenters. The molecule has 0 aromatic heterocycles. The fourth-order valence-electron chi connectivity index (χ4n) is 3.34. The summed E-state index contributed by atoms with van der Waals surface area (Å²) in [6.07, 6.45) is 0. The van der Waals surface area contributed by atoms with Crippen molar-refractivity contribution in [1.29, 1.82) is 0 Å². The molecule has 0 saturated heterocycles. The molecule has 1 aliphatic heterocycles. The summed E-state index contributed by atoms with van der Waals surface area (Å²) in [5.74, 6) is 1.82. The SMILES string of the molecule is c1ccc2c3c(ccc2c1)[O][Al-][O]c1ccc2ccccc2c1-3. The van der Waals surface area contributed by atoms with Crippen LogP contribution in [0, 0.1) is 0 Å². The molecule has 0 saturated carbocycles. The minimum absolute atomic E-state index is 0.553. The van der Waals surface area contributed by atoms with Crippen molar-refractivity contribution in [3.63, 3.8) is 0 Å². The van der Waals surface area contributed by atoms with Gasteiger partial charge in [0.25, 0.3) is 0 Å². The van der Waals surface area contributed by atoms with Gasteiger partial charge >= 0.3 is 15.9 Å². The van der Waals surface area contributed by atoms with Gasteiger partial charge in [-0.15, -0.1) is 0 Å². The molecule has 1 heterocycles. The predicted octanol–water partition coefficient (Wildman–Crippen LogP) is 4.97. The minimum Gasteiger partial charge on any atom is -0.806 e. The molecule has 0 spiro atoms. The average Bonchev–Trinajstić information content (AvgIpc) is 2.81. The van der Waals surface area contributed by atoms with E-state index in [1.54, 1.807) is 0 Å². The van der Waals surface area contributed by atoms with Gasteiger partial charge in [0.1, 0.15) is 0 Å². The summed E-state index contributed by atoms with van der Waals surface area (Å²) in [6, 6.07) is 25.2. The predicted molar refractivity (Wildman–Crippen MR) is 93.9 cm³/mol. The van der Waals surface area contributed by atoms with Gasteiger partial charge < -0.3 is 7.58 Å². The highest BCUT2D eigenvalue weighted by Gasteiger charge is 2.17. The number of fused-ring (bicyclic) bond motifs is 7. The van der Waals surface area contributed by atoms with Crippen LogP contribution < -0.4 is 7.58 Å². The van der Waals surface area contributed by atoms with Crippen LogP contribution in [-0.2, 0) is 0 Å². The maximum absolute atomic E-state index is 5.95. The lowest BCUT2D eigenvalue weighted by molar-refractivity contribution is 0.468. The Morgan fingerprint density at radius 3 is 1.52 bits per heavy atom. The van der Waals surface area contributed by atoms with Crippen molar-refractivity contribution in [3.8, 4) is 22.6 Å². The van der Waals surface area contributed by atoms with E-state index in [-0.39, 0.29) is 0 Å². The first kappa shape index (κ1) is 13.0. The minimum atomic E-state index is -0.553. The van der Waals surface area contributed by atoms with Gasteiger partial charge in [0, 0.05) is 11.1 Å². The van der Waals surface area contributed by atoms with E-state index in [0.29, 0.717) is 0 Å². The van der Waals surface area contributed by atoms with Gasteiger partial charge in [0.05, 0.1) is 11.5 Å². The number of benzene rings is 4. The third-order valence-electron chi connectivity index (χ3n) is 4.38. The third-order valence-corrected chi connectivity index (χ3v) is 5.08. The van der Waals surface area contributed by atoms with E-state index in [1.807, 2.05) is 0 Å². The summed E-state index contributed by atoms with van der Waals surface area (Å²) in [4.78, 5) is 0. The summed E-state index contributed by atoms with van der Waals surface area (Å²) < 4.78 is 11.9. The zero-order valence-corrected chi connectivity index (χ0v) is 13.5. The number of rotatable bonds is 0. The highest BCUT2D eigenvalue weighted by molar-refractivity contribution is 6.24. The van der Waals surface area contributed by atoms with Crippen LogP contribution in [-0.4, -0.2) is 15.9 Å². The molecule has 0 fully saturated rings. The molecule has 108 valence electrons. The summed E-state index contributed by atoms with van der Waals surface area (Å²) in [5.41, 5.74) is 2.28. The maximum atomic E-state index is 5.95. The van der Waals surface area contributed by atoms with E-state index in [2.05, 4.69) is 72.8 Å². The van der Waals surface area contributed by atoms with Gasteiger partial charge in [0.2, 0.25) is 0 Å². The third kappa shape index (κ3) is 1.95. The van der Waals surface area contributed by atoms with Crippen molar-refractivity contribution in [1.82, 2.24) is 0 Å². The van der Waals surface area contributed by atoms with Crippen molar-refractivity contribution >= 4 is 37.4 Å². The molecule has 0 unspecified atom stereocenters. The molecule has 3 heteroatoms. The standard InChI is InChI=1S/C20H14O2.Al/c21-17-11-9-13-5-1-3-7-15(13)19(17)20-16-8-4-2-6-14(16)10-12-18(20)22;/h1-12,21-22H;/q;+1/p-2. The zero-order chi connectivity index (χ0) is 15.2. The van der Waals surface area contributed by atoms with E-state index >= 15 is 0 Å². The molecule has 0 N–H and O–H groups in total. The van der Waals surface area contributed by atoms with Crippen LogP contribution in [0.1, 0.15) is 0 Å². The van der Waals surface area contributed by atoms with Crippen LogP contribution in [0.25, 0.3) is 32.7 Å². The summed E-state index contributed by atoms with van der Waals surface area (Å²) in [5, 5.41) is 4.83. The summed E-state index contributed by atoms with van der Waals surface area (Å²) in [6.45, 7) is 0. The van der Waals surface area contributed by atoms with Gasteiger partial charge in [-0.05, 0) is 33.7 Å². The lowest BCUT2D eigenvalue weighted by Gasteiger charge is -2.21. The quantitative estimate of drug-likeness (QED) is 0.427. The Morgan fingerprint density at radius 1 is 0.522 bits per heavy atom. The lowest BCUT2D eigenvalue weighted by Crippen LogP contribution is -2.08. The van der Waals surface area contributed by atoms with Gasteiger partial charge in [-0.3, -0.25) is 0 Å². The van der Waals surface area contributed by atoms with Crippen molar-refractivity contribution in [2.24, 2.45) is 0 Å². The Labute approximate surface area is 140 Å². The molecular formula is C20H12AlO2-. The molecular weight excluding hydrogens is 299 g/mol. The molecule has 2 radical (unpaired) electrons. The van der Waals surface area contributed by atoms with Crippen molar-refractivity contribution in [2.75, 3.05) is 0 Å². The average molecular weight is 311 g/mol. The first-order chi connectivity index (χ1) is 11.4. The molecule has 2 nitrogen and oxygen atoms in total. The molecule has 4 aromatic carbocycles. The Balaban J connectivity index is 2.01. The van der Waals surface area contributed by atoms with E-state index < -0.39 is 15.9 Å². The first-order valence-corrected chi connectivity index (χ1v) is 8.55. The molecule has 1 aliphatic rings. The lowest BCUT2D eigenvalue weighted by atomic mass is 9.92. The molecule has 0 bridgehead atoms. The fraction of sp³-hybridized carbons (Fsp3) is 0. The van der Waals surface area contributed by atoms with Crippen LogP contribution in [0.15, 0.2) is 72.8 Å². The highest BCUT2D eigenvalue weighted by Crippen LogP contribution is 2.46. The second kappa shape index (κ2) is 5.03. The molecule has 5 rings (SSSR count). The van der Waals surface area contributed by atoms with Crippen LogP contribution in [0.2, 0.25) is 0 Å². The normalized spacial score (nSPS) is 12.9. The van der Waals surface area contributed by atoms with Gasteiger partial charge in [-0.2, -0.15) is 0 Å². The van der Waals surface area contributed by atoms with E-state index in [1.165, 1.54) is 21.5 Å². The van der Waals surface area contributed by atoms with E-state index in [9.17, 15) is 0 Å². The van der Waals surface area contributed by atoms with Crippen molar-refractivity contribution in [2.45, 2.75) is 0 Å². The van der Waals surface area contributed by atoms with Crippen LogP contribution in [0.5, 0.6) is 11.5 Å². The Hall–Kier alpha value is -2.47. The Kier molecular flexibility index (Phi) is 2.84. The highest BCUT2D eigenvalue weighted by atomic mass is 27.2. The zero-order valence-electron chi connectivity index (χ0n) is 12.3.